The van der Waals surface area contributed by atoms with Crippen molar-refractivity contribution < 1.29 is 28.9 Å². The van der Waals surface area contributed by atoms with Crippen LogP contribution in [0.5, 0.6) is 0 Å². The summed E-state index contributed by atoms with van der Waals surface area (Å²) in [6.45, 7) is 21.2. The Morgan fingerprint density at radius 2 is 1.43 bits per heavy atom. The number of aliphatic hydroxyl groups is 1. The molecule has 6 nitrogen and oxygen atoms in total. The lowest BCUT2D eigenvalue weighted by molar-refractivity contribution is -0.263. The van der Waals surface area contributed by atoms with Crippen LogP contribution in [-0.4, -0.2) is 46.6 Å². The maximum absolute atomic E-state index is 12.6. The van der Waals surface area contributed by atoms with Crippen LogP contribution in [0, 0.1) is 45.3 Å². The average molecular weight is 561 g/mol. The van der Waals surface area contributed by atoms with Crippen molar-refractivity contribution in [1.29, 1.82) is 0 Å². The first kappa shape index (κ1) is 30.3. The lowest BCUT2D eigenvalue weighted by Crippen LogP contribution is -2.68. The molecule has 4 saturated carbocycles. The first-order chi connectivity index (χ1) is 18.3. The van der Waals surface area contributed by atoms with E-state index in [4.69, 9.17) is 14.2 Å². The van der Waals surface area contributed by atoms with Gasteiger partial charge in [0.25, 0.3) is 0 Å². The summed E-state index contributed by atoms with van der Waals surface area (Å²) < 4.78 is 19.0. The van der Waals surface area contributed by atoms with Crippen LogP contribution in [0.4, 0.5) is 0 Å². The van der Waals surface area contributed by atoms with Gasteiger partial charge < -0.3 is 19.3 Å². The summed E-state index contributed by atoms with van der Waals surface area (Å²) in [5, 5.41) is 10.7. The maximum Gasteiger partial charge on any atom is 0.302 e. The molecular weight excluding hydrogens is 504 g/mol. The molecule has 5 aliphatic rings. The fraction of sp³-hybridized carbons (Fsp3) is 0.941. The van der Waals surface area contributed by atoms with E-state index in [1.54, 1.807) is 6.92 Å². The van der Waals surface area contributed by atoms with Crippen LogP contribution in [0.2, 0.25) is 0 Å². The van der Waals surface area contributed by atoms with Crippen molar-refractivity contribution in [2.45, 2.75) is 157 Å². The van der Waals surface area contributed by atoms with Gasteiger partial charge in [0.2, 0.25) is 0 Å². The summed E-state index contributed by atoms with van der Waals surface area (Å²) in [7, 11) is 0. The van der Waals surface area contributed by atoms with E-state index < -0.39 is 5.60 Å². The maximum atomic E-state index is 12.6. The van der Waals surface area contributed by atoms with E-state index in [1.807, 2.05) is 13.8 Å². The van der Waals surface area contributed by atoms with E-state index in [0.29, 0.717) is 17.8 Å². The van der Waals surface area contributed by atoms with Gasteiger partial charge in [-0.15, -0.1) is 0 Å². The molecule has 0 aromatic heterocycles. The van der Waals surface area contributed by atoms with Crippen LogP contribution < -0.4 is 0 Å². The molecule has 0 amide bonds. The smallest absolute Gasteiger partial charge is 0.302 e. The number of hydrogen-bond acceptors (Lipinski definition) is 6. The molecule has 0 spiro atoms. The molecule has 5 rings (SSSR count). The summed E-state index contributed by atoms with van der Waals surface area (Å²) in [6, 6.07) is 0. The topological polar surface area (TPSA) is 82.1 Å². The number of carbonyl (C=O) groups excluding carboxylic acids is 2. The number of rotatable bonds is 4. The van der Waals surface area contributed by atoms with Crippen LogP contribution in [0.1, 0.15) is 127 Å². The zero-order chi connectivity index (χ0) is 29.7. The van der Waals surface area contributed by atoms with Crippen LogP contribution >= 0.6 is 0 Å². The molecule has 0 aromatic rings. The zero-order valence-corrected chi connectivity index (χ0v) is 26.9. The van der Waals surface area contributed by atoms with E-state index in [0.717, 1.165) is 57.8 Å². The molecule has 1 saturated heterocycles. The van der Waals surface area contributed by atoms with E-state index >= 15 is 0 Å². The second-order valence-corrected chi connectivity index (χ2v) is 16.6. The molecule has 6 heteroatoms. The number of fused-ring (bicyclic) bond motifs is 5. The molecule has 0 bridgehead atoms. The number of ether oxygens (including phenoxy) is 3. The molecule has 40 heavy (non-hydrogen) atoms. The normalized spacial score (nSPS) is 49.9. The summed E-state index contributed by atoms with van der Waals surface area (Å²) in [6.07, 6.45) is 8.66. The average Bonchev–Trinajstić information content (AvgIpc) is 3.37. The van der Waals surface area contributed by atoms with Gasteiger partial charge in [0.15, 0.2) is 0 Å². The van der Waals surface area contributed by atoms with Crippen LogP contribution in [-0.2, 0) is 23.8 Å². The van der Waals surface area contributed by atoms with Gasteiger partial charge in [-0.2, -0.15) is 0 Å². The fourth-order valence-corrected chi connectivity index (χ4v) is 11.8. The molecule has 5 fully saturated rings. The van der Waals surface area contributed by atoms with Crippen LogP contribution in [0.25, 0.3) is 0 Å². The first-order valence-corrected chi connectivity index (χ1v) is 16.0. The molecule has 0 aromatic carbocycles. The predicted molar refractivity (Wildman–Crippen MR) is 154 cm³/mol. The molecular formula is C34H56O6. The first-order valence-electron chi connectivity index (χ1n) is 16.0. The number of esters is 2. The van der Waals surface area contributed by atoms with Crippen molar-refractivity contribution in [3.63, 3.8) is 0 Å². The van der Waals surface area contributed by atoms with Gasteiger partial charge in [-0.05, 0) is 113 Å². The third-order valence-corrected chi connectivity index (χ3v) is 13.8. The summed E-state index contributed by atoms with van der Waals surface area (Å²) in [5.41, 5.74) is -1.16. The Balaban J connectivity index is 1.52. The second kappa shape index (κ2) is 9.43. The Kier molecular flexibility index (Phi) is 7.15. The monoisotopic (exact) mass is 560 g/mol. The minimum Gasteiger partial charge on any atom is -0.462 e. The molecule has 228 valence electrons. The second-order valence-electron chi connectivity index (χ2n) is 16.6. The lowest BCUT2D eigenvalue weighted by Gasteiger charge is -2.71. The summed E-state index contributed by atoms with van der Waals surface area (Å²) in [4.78, 5) is 24.6. The SMILES string of the molecule is CC(=O)O[C@@H]1CC2[C@@H]([C@]3(C)CCC(C(C)(C)O)O3)CC[C@@]2(C)[C@]2(C)CCC3C(C)(C)[C@H](OC(C)=O)CC[C@]3(C)C12. The van der Waals surface area contributed by atoms with Crippen LogP contribution in [0.15, 0.2) is 0 Å². The molecule has 4 unspecified atom stereocenters. The highest BCUT2D eigenvalue weighted by atomic mass is 16.5. The highest BCUT2D eigenvalue weighted by Gasteiger charge is 2.73. The van der Waals surface area contributed by atoms with Crippen molar-refractivity contribution in [3.05, 3.63) is 0 Å². The number of hydrogen-bond donors (Lipinski definition) is 1. The van der Waals surface area contributed by atoms with Gasteiger partial charge in [-0.3, -0.25) is 9.59 Å². The molecule has 11 atom stereocenters. The standard InChI is InChI=1S/C34H56O6/c1-20(35)38-24-19-23-22(34(10)18-14-27(40-34)30(5,6)37)11-16-32(23,8)33(9)17-12-25-29(3,4)26(39-21(2)36)13-15-31(25,7)28(24)33/h22-28,37H,11-19H2,1-10H3/t22-,23?,24+,25?,26+,27?,28?,31-,32+,33+,34-/m0/s1. The van der Waals surface area contributed by atoms with E-state index in [1.165, 1.54) is 6.92 Å². The predicted octanol–water partition coefficient (Wildman–Crippen LogP) is 6.85. The molecule has 1 N–H and O–H groups in total. The van der Waals surface area contributed by atoms with Crippen molar-refractivity contribution in [2.75, 3.05) is 0 Å². The highest BCUT2D eigenvalue weighted by molar-refractivity contribution is 5.66. The Hall–Kier alpha value is -1.14. The summed E-state index contributed by atoms with van der Waals surface area (Å²) >= 11 is 0. The summed E-state index contributed by atoms with van der Waals surface area (Å²) in [5.74, 6) is 1.03. The van der Waals surface area contributed by atoms with Gasteiger partial charge in [-0.1, -0.05) is 34.6 Å². The number of carbonyl (C=O) groups is 2. The largest absolute Gasteiger partial charge is 0.462 e. The molecule has 1 aliphatic heterocycles. The molecule has 1 heterocycles. The van der Waals surface area contributed by atoms with E-state index in [-0.39, 0.29) is 63.4 Å². The van der Waals surface area contributed by atoms with Gasteiger partial charge in [0.1, 0.15) is 12.2 Å². The third kappa shape index (κ3) is 4.31. The third-order valence-electron chi connectivity index (χ3n) is 13.8. The van der Waals surface area contributed by atoms with Crippen molar-refractivity contribution in [1.82, 2.24) is 0 Å². The quantitative estimate of drug-likeness (QED) is 0.379. The van der Waals surface area contributed by atoms with Crippen molar-refractivity contribution in [2.24, 2.45) is 45.3 Å². The highest BCUT2D eigenvalue weighted by Crippen LogP contribution is 2.76. The Morgan fingerprint density at radius 3 is 2.00 bits per heavy atom. The molecule has 0 radical (unpaired) electrons. The Bertz CT molecular complexity index is 1030. The van der Waals surface area contributed by atoms with Gasteiger partial charge in [0.05, 0.1) is 17.3 Å². The van der Waals surface area contributed by atoms with Crippen LogP contribution in [0.3, 0.4) is 0 Å². The minimum atomic E-state index is -0.853. The van der Waals surface area contributed by atoms with E-state index in [9.17, 15) is 14.7 Å². The van der Waals surface area contributed by atoms with Crippen molar-refractivity contribution >= 4 is 11.9 Å². The van der Waals surface area contributed by atoms with Gasteiger partial charge in [-0.25, -0.2) is 0 Å². The lowest BCUT2D eigenvalue weighted by atomic mass is 9.35. The zero-order valence-electron chi connectivity index (χ0n) is 26.9. The van der Waals surface area contributed by atoms with Crippen molar-refractivity contribution in [3.8, 4) is 0 Å². The van der Waals surface area contributed by atoms with Gasteiger partial charge >= 0.3 is 11.9 Å². The van der Waals surface area contributed by atoms with E-state index in [2.05, 4.69) is 41.5 Å². The Labute approximate surface area is 242 Å². The fourth-order valence-electron chi connectivity index (χ4n) is 11.8. The molecule has 4 aliphatic carbocycles. The Morgan fingerprint density at radius 1 is 0.800 bits per heavy atom. The minimum absolute atomic E-state index is 0.0148. The van der Waals surface area contributed by atoms with Gasteiger partial charge in [0, 0.05) is 25.2 Å².